The van der Waals surface area contributed by atoms with Gasteiger partial charge >= 0.3 is 5.97 Å². The molecule has 4 rings (SSSR count). The first-order valence-electron chi connectivity index (χ1n) is 15.3. The molecule has 3 N–H and O–H groups in total. The van der Waals surface area contributed by atoms with E-state index < -0.39 is 53.1 Å². The van der Waals surface area contributed by atoms with Crippen LogP contribution in [0.4, 0.5) is 4.39 Å². The molecule has 0 radical (unpaired) electrons. The van der Waals surface area contributed by atoms with Crippen molar-refractivity contribution in [1.82, 2.24) is 16.0 Å². The van der Waals surface area contributed by atoms with Crippen molar-refractivity contribution in [2.24, 2.45) is 11.3 Å². The number of hydrogen-bond acceptors (Lipinski definition) is 6. The number of carbonyl (C=O) groups is 4. The molecule has 0 aromatic heterocycles. The Morgan fingerprint density at radius 3 is 2.30 bits per heavy atom. The number of halogens is 1. The van der Waals surface area contributed by atoms with Gasteiger partial charge < -0.3 is 20.7 Å². The maximum Gasteiger partial charge on any atom is 0.312 e. The molecule has 1 saturated heterocycles. The van der Waals surface area contributed by atoms with Crippen LogP contribution in [0.2, 0.25) is 0 Å². The van der Waals surface area contributed by atoms with Gasteiger partial charge in [-0.2, -0.15) is 5.26 Å². The lowest BCUT2D eigenvalue weighted by atomic mass is 9.93. The number of ether oxygens (including phenoxy) is 1. The molecule has 1 heterocycles. The lowest BCUT2D eigenvalue weighted by molar-refractivity contribution is -0.158. The average Bonchev–Trinajstić information content (AvgIpc) is 3.43. The minimum Gasteiger partial charge on any atom is -0.444 e. The molecule has 1 aliphatic heterocycles. The Balaban J connectivity index is 1.56. The number of nitrogens with one attached hydrogen (secondary N) is 3. The fourth-order valence-corrected chi connectivity index (χ4v) is 5.20. The third kappa shape index (κ3) is 9.48. The zero-order valence-electron chi connectivity index (χ0n) is 26.2. The number of rotatable bonds is 12. The van der Waals surface area contributed by atoms with Gasteiger partial charge in [0.1, 0.15) is 17.9 Å². The minimum absolute atomic E-state index is 0.0104. The molecule has 1 aliphatic rings. The second-order valence-electron chi connectivity index (χ2n) is 12.5. The summed E-state index contributed by atoms with van der Waals surface area (Å²) < 4.78 is 19.2. The molecule has 3 amide bonds. The summed E-state index contributed by atoms with van der Waals surface area (Å²) >= 11 is 0. The first-order chi connectivity index (χ1) is 21.9. The fraction of sp³-hybridized carbons (Fsp3) is 0.361. The first-order valence-corrected chi connectivity index (χ1v) is 15.3. The second-order valence-corrected chi connectivity index (χ2v) is 12.5. The predicted octanol–water partition coefficient (Wildman–Crippen LogP) is 4.26. The van der Waals surface area contributed by atoms with E-state index in [-0.39, 0.29) is 25.2 Å². The van der Waals surface area contributed by atoms with Crippen molar-refractivity contribution in [3.63, 3.8) is 0 Å². The summed E-state index contributed by atoms with van der Waals surface area (Å²) in [6.45, 7) is 5.39. The van der Waals surface area contributed by atoms with E-state index in [0.717, 1.165) is 16.7 Å². The van der Waals surface area contributed by atoms with Gasteiger partial charge in [-0.25, -0.2) is 4.39 Å². The van der Waals surface area contributed by atoms with Gasteiger partial charge in [0, 0.05) is 18.9 Å². The SMILES string of the molecule is CC(C)(C)C(=O)O[C@H](C#N)[C@H](C[C@@H]1CCNC1=O)NC(=O)[C@H](Cc1ccc(F)cc1)NC(=O)Cc1cccc(-c2ccccc2)c1. The Bertz CT molecular complexity index is 1580. The molecule has 3 aromatic rings. The van der Waals surface area contributed by atoms with Crippen molar-refractivity contribution >= 4 is 23.7 Å². The highest BCUT2D eigenvalue weighted by Crippen LogP contribution is 2.23. The second kappa shape index (κ2) is 15.3. The number of nitrogens with zero attached hydrogens (tertiary/aromatic N) is 1. The Hall–Kier alpha value is -5.04. The van der Waals surface area contributed by atoms with Gasteiger partial charge in [-0.1, -0.05) is 66.7 Å². The van der Waals surface area contributed by atoms with Gasteiger partial charge in [-0.05, 0) is 68.0 Å². The summed E-state index contributed by atoms with van der Waals surface area (Å²) in [7, 11) is 0. The summed E-state index contributed by atoms with van der Waals surface area (Å²) in [4.78, 5) is 52.3. The summed E-state index contributed by atoms with van der Waals surface area (Å²) in [6, 6.07) is 22.7. The summed E-state index contributed by atoms with van der Waals surface area (Å²) in [5, 5.41) is 18.3. The minimum atomic E-state index is -1.38. The standard InChI is InChI=1S/C36H39FN4O5/c1-36(2,3)35(45)46-31(22-38)29(21-27-16-17-39-33(27)43)41-34(44)30(19-23-12-14-28(37)15-13-23)40-32(42)20-24-8-7-11-26(18-24)25-9-5-4-6-10-25/h4-15,18,27,29-31H,16-17,19-21H2,1-3H3,(H,39,43)(H,40,42)(H,41,44)/t27-,29-,30-,31+/m0/s1. The molecule has 240 valence electrons. The Labute approximate surface area is 268 Å². The van der Waals surface area contributed by atoms with Gasteiger partial charge in [0.05, 0.1) is 17.9 Å². The molecule has 10 heteroatoms. The molecule has 1 fully saturated rings. The molecule has 0 saturated carbocycles. The number of hydrogen-bond donors (Lipinski definition) is 3. The number of nitriles is 1. The zero-order chi connectivity index (χ0) is 33.3. The third-order valence-electron chi connectivity index (χ3n) is 7.77. The summed E-state index contributed by atoms with van der Waals surface area (Å²) in [6.07, 6.45) is -0.821. The van der Waals surface area contributed by atoms with Crippen LogP contribution in [0.1, 0.15) is 44.7 Å². The average molecular weight is 627 g/mol. The number of benzene rings is 3. The van der Waals surface area contributed by atoms with Crippen molar-refractivity contribution in [3.8, 4) is 17.2 Å². The van der Waals surface area contributed by atoms with Crippen LogP contribution >= 0.6 is 0 Å². The number of carbonyl (C=O) groups excluding carboxylic acids is 4. The highest BCUT2D eigenvalue weighted by Gasteiger charge is 2.37. The van der Waals surface area contributed by atoms with Crippen LogP contribution in [-0.2, 0) is 36.8 Å². The molecule has 0 bridgehead atoms. The molecule has 9 nitrogen and oxygen atoms in total. The summed E-state index contributed by atoms with van der Waals surface area (Å²) in [5.41, 5.74) is 2.36. The van der Waals surface area contributed by atoms with Crippen LogP contribution in [0, 0.1) is 28.5 Å². The van der Waals surface area contributed by atoms with E-state index in [0.29, 0.717) is 18.5 Å². The van der Waals surface area contributed by atoms with Gasteiger partial charge in [0.15, 0.2) is 0 Å². The molecule has 46 heavy (non-hydrogen) atoms. The Kier molecular flexibility index (Phi) is 11.3. The third-order valence-corrected chi connectivity index (χ3v) is 7.77. The quantitative estimate of drug-likeness (QED) is 0.257. The topological polar surface area (TPSA) is 137 Å². The van der Waals surface area contributed by atoms with Crippen LogP contribution in [0.3, 0.4) is 0 Å². The van der Waals surface area contributed by atoms with E-state index in [2.05, 4.69) is 16.0 Å². The Morgan fingerprint density at radius 2 is 1.67 bits per heavy atom. The molecule has 0 aliphatic carbocycles. The maximum atomic E-state index is 13.9. The zero-order valence-corrected chi connectivity index (χ0v) is 26.2. The van der Waals surface area contributed by atoms with E-state index in [4.69, 9.17) is 4.74 Å². The van der Waals surface area contributed by atoms with Crippen molar-refractivity contribution in [1.29, 1.82) is 5.26 Å². The van der Waals surface area contributed by atoms with E-state index in [9.17, 15) is 28.8 Å². The van der Waals surface area contributed by atoms with Crippen molar-refractivity contribution < 1.29 is 28.3 Å². The number of amides is 3. The van der Waals surface area contributed by atoms with E-state index in [1.165, 1.54) is 24.3 Å². The molecular formula is C36H39FN4O5. The van der Waals surface area contributed by atoms with Gasteiger partial charge in [-0.15, -0.1) is 0 Å². The number of esters is 1. The van der Waals surface area contributed by atoms with Crippen molar-refractivity contribution in [3.05, 3.63) is 95.8 Å². The monoisotopic (exact) mass is 626 g/mol. The normalized spacial score (nSPS) is 16.3. The summed E-state index contributed by atoms with van der Waals surface area (Å²) in [5.74, 6) is -2.85. The largest absolute Gasteiger partial charge is 0.444 e. The van der Waals surface area contributed by atoms with E-state index in [1.54, 1.807) is 20.8 Å². The lowest BCUT2D eigenvalue weighted by Crippen LogP contribution is -2.54. The maximum absolute atomic E-state index is 13.9. The van der Waals surface area contributed by atoms with Crippen molar-refractivity contribution in [2.75, 3.05) is 6.54 Å². The molecule has 3 aromatic carbocycles. The van der Waals surface area contributed by atoms with Gasteiger partial charge in [-0.3, -0.25) is 19.2 Å². The van der Waals surface area contributed by atoms with E-state index >= 15 is 0 Å². The van der Waals surface area contributed by atoms with Crippen LogP contribution in [-0.4, -0.2) is 48.4 Å². The van der Waals surface area contributed by atoms with Crippen LogP contribution in [0.5, 0.6) is 0 Å². The van der Waals surface area contributed by atoms with Crippen LogP contribution in [0.15, 0.2) is 78.9 Å². The lowest BCUT2D eigenvalue weighted by Gasteiger charge is -2.29. The van der Waals surface area contributed by atoms with Gasteiger partial charge in [0.25, 0.3) is 0 Å². The fourth-order valence-electron chi connectivity index (χ4n) is 5.20. The van der Waals surface area contributed by atoms with Crippen LogP contribution < -0.4 is 16.0 Å². The molecule has 4 atom stereocenters. The highest BCUT2D eigenvalue weighted by atomic mass is 19.1. The van der Waals surface area contributed by atoms with Crippen LogP contribution in [0.25, 0.3) is 11.1 Å². The molecular weight excluding hydrogens is 587 g/mol. The highest BCUT2D eigenvalue weighted by molar-refractivity contribution is 5.89. The smallest absolute Gasteiger partial charge is 0.312 e. The molecule has 0 spiro atoms. The van der Waals surface area contributed by atoms with E-state index in [1.807, 2.05) is 60.7 Å². The predicted molar refractivity (Wildman–Crippen MR) is 170 cm³/mol. The Morgan fingerprint density at radius 1 is 0.978 bits per heavy atom. The van der Waals surface area contributed by atoms with Gasteiger partial charge in [0.2, 0.25) is 23.8 Å². The van der Waals surface area contributed by atoms with Crippen molar-refractivity contribution in [2.45, 2.75) is 64.6 Å². The molecule has 0 unspecified atom stereocenters. The first kappa shape index (κ1) is 33.8.